The lowest BCUT2D eigenvalue weighted by Gasteiger charge is -2.07. The Morgan fingerprint density at radius 3 is 2.79 bits per heavy atom. The van der Waals surface area contributed by atoms with Gasteiger partial charge in [-0.1, -0.05) is 19.1 Å². The van der Waals surface area contributed by atoms with Crippen LogP contribution in [0, 0.1) is 0 Å². The highest BCUT2D eigenvalue weighted by Crippen LogP contribution is 2.29. The fourth-order valence-electron chi connectivity index (χ4n) is 2.48. The monoisotopic (exact) mass is 331 g/mol. The molecule has 1 heterocycles. The predicted molar refractivity (Wildman–Crippen MR) is 93.3 cm³/mol. The third kappa shape index (κ3) is 4.35. The van der Waals surface area contributed by atoms with Gasteiger partial charge < -0.3 is 14.8 Å². The minimum atomic E-state index is -0.117. The second-order valence-electron chi connectivity index (χ2n) is 5.44. The maximum atomic E-state index is 12.5. The van der Waals surface area contributed by atoms with E-state index in [4.69, 9.17) is 9.47 Å². The molecule has 6 nitrogen and oxygen atoms in total. The molecule has 1 aromatic heterocycles. The number of nitrogens with zero attached hydrogens (tertiary/aromatic N) is 2. The third-order valence-electron chi connectivity index (χ3n) is 3.64. The molecule has 2 aromatic rings. The molecule has 0 fully saturated rings. The molecule has 1 amide bonds. The first-order valence-electron chi connectivity index (χ1n) is 8.19. The summed E-state index contributed by atoms with van der Waals surface area (Å²) in [6, 6.07) is 9.49. The predicted octanol–water partition coefficient (Wildman–Crippen LogP) is 2.74. The molecule has 0 aliphatic carbocycles. The van der Waals surface area contributed by atoms with Crippen molar-refractivity contribution in [1.82, 2.24) is 15.1 Å². The van der Waals surface area contributed by atoms with Gasteiger partial charge in [-0.05, 0) is 31.0 Å². The summed E-state index contributed by atoms with van der Waals surface area (Å²) in [4.78, 5) is 12.5. The fraction of sp³-hybridized carbons (Fsp3) is 0.444. The Balaban J connectivity index is 2.25. The van der Waals surface area contributed by atoms with Gasteiger partial charge >= 0.3 is 0 Å². The van der Waals surface area contributed by atoms with Gasteiger partial charge in [-0.25, -0.2) is 0 Å². The van der Waals surface area contributed by atoms with Gasteiger partial charge in [0.15, 0.2) is 0 Å². The number of hydrogen-bond acceptors (Lipinski definition) is 4. The van der Waals surface area contributed by atoms with E-state index in [9.17, 15) is 4.79 Å². The number of carbonyl (C=O) groups is 1. The quantitative estimate of drug-likeness (QED) is 0.718. The van der Waals surface area contributed by atoms with E-state index in [2.05, 4.69) is 17.3 Å². The van der Waals surface area contributed by atoms with Gasteiger partial charge in [0.1, 0.15) is 11.4 Å². The Labute approximate surface area is 142 Å². The van der Waals surface area contributed by atoms with Crippen molar-refractivity contribution in [1.29, 1.82) is 0 Å². The zero-order chi connectivity index (χ0) is 17.4. The first-order chi connectivity index (χ1) is 11.7. The summed E-state index contributed by atoms with van der Waals surface area (Å²) in [5.74, 6) is 0.624. The van der Waals surface area contributed by atoms with E-state index in [1.54, 1.807) is 18.9 Å². The molecule has 6 heteroatoms. The number of para-hydroxylation sites is 1. The summed E-state index contributed by atoms with van der Waals surface area (Å²) >= 11 is 0. The van der Waals surface area contributed by atoms with Gasteiger partial charge in [0.05, 0.1) is 12.8 Å². The van der Waals surface area contributed by atoms with Crippen molar-refractivity contribution in [3.05, 3.63) is 36.0 Å². The summed E-state index contributed by atoms with van der Waals surface area (Å²) in [6.45, 7) is 3.95. The number of aromatic nitrogens is 2. The molecule has 1 N–H and O–H groups in total. The van der Waals surface area contributed by atoms with Crippen LogP contribution < -0.4 is 10.1 Å². The highest BCUT2D eigenvalue weighted by Gasteiger charge is 2.17. The summed E-state index contributed by atoms with van der Waals surface area (Å²) in [7, 11) is 3.28. The van der Waals surface area contributed by atoms with Crippen LogP contribution in [0.4, 0.5) is 0 Å². The van der Waals surface area contributed by atoms with Crippen molar-refractivity contribution >= 4 is 5.91 Å². The molecule has 0 atom stereocenters. The van der Waals surface area contributed by atoms with Crippen molar-refractivity contribution in [3.63, 3.8) is 0 Å². The maximum Gasteiger partial charge on any atom is 0.269 e. The fourth-order valence-corrected chi connectivity index (χ4v) is 2.48. The molecular formula is C18H25N3O3. The average molecular weight is 331 g/mol. The summed E-state index contributed by atoms with van der Waals surface area (Å²) in [5, 5.41) is 7.51. The minimum Gasteiger partial charge on any atom is -0.496 e. The molecule has 0 saturated carbocycles. The first-order valence-corrected chi connectivity index (χ1v) is 8.19. The summed E-state index contributed by atoms with van der Waals surface area (Å²) in [5.41, 5.74) is 2.18. The van der Waals surface area contributed by atoms with Crippen LogP contribution >= 0.6 is 0 Å². The number of methoxy groups -OCH3 is 2. The van der Waals surface area contributed by atoms with E-state index in [0.717, 1.165) is 29.8 Å². The molecule has 24 heavy (non-hydrogen) atoms. The molecule has 0 radical (unpaired) electrons. The lowest BCUT2D eigenvalue weighted by Crippen LogP contribution is -2.27. The van der Waals surface area contributed by atoms with E-state index < -0.39 is 0 Å². The summed E-state index contributed by atoms with van der Waals surface area (Å²) in [6.07, 6.45) is 1.68. The van der Waals surface area contributed by atoms with E-state index in [1.807, 2.05) is 30.3 Å². The zero-order valence-electron chi connectivity index (χ0n) is 14.5. The Morgan fingerprint density at radius 2 is 2.08 bits per heavy atom. The lowest BCUT2D eigenvalue weighted by atomic mass is 10.1. The number of amides is 1. The van der Waals surface area contributed by atoms with Crippen LogP contribution in [0.2, 0.25) is 0 Å². The molecule has 0 saturated heterocycles. The highest BCUT2D eigenvalue weighted by molar-refractivity contribution is 5.93. The van der Waals surface area contributed by atoms with Gasteiger partial charge in [-0.3, -0.25) is 9.48 Å². The van der Waals surface area contributed by atoms with Crippen molar-refractivity contribution in [3.8, 4) is 17.0 Å². The average Bonchev–Trinajstić information content (AvgIpc) is 3.02. The van der Waals surface area contributed by atoms with Crippen LogP contribution in [0.5, 0.6) is 5.75 Å². The Morgan fingerprint density at radius 1 is 1.29 bits per heavy atom. The molecule has 1 aromatic carbocycles. The highest BCUT2D eigenvalue weighted by atomic mass is 16.5. The Hall–Kier alpha value is -2.34. The van der Waals surface area contributed by atoms with Crippen LogP contribution in [-0.2, 0) is 11.3 Å². The number of hydrogen-bond donors (Lipinski definition) is 1. The van der Waals surface area contributed by atoms with Gasteiger partial charge in [0.2, 0.25) is 0 Å². The Bertz CT molecular complexity index is 667. The number of aryl methyl sites for hydroxylation is 1. The van der Waals surface area contributed by atoms with E-state index in [-0.39, 0.29) is 5.91 Å². The van der Waals surface area contributed by atoms with Gasteiger partial charge in [-0.15, -0.1) is 0 Å². The first kappa shape index (κ1) is 18.0. The number of benzene rings is 1. The molecule has 0 aliphatic rings. The van der Waals surface area contributed by atoms with Crippen LogP contribution in [0.15, 0.2) is 30.3 Å². The zero-order valence-corrected chi connectivity index (χ0v) is 14.5. The molecular weight excluding hydrogens is 306 g/mol. The van der Waals surface area contributed by atoms with Crippen molar-refractivity contribution in [2.45, 2.75) is 26.3 Å². The molecule has 130 valence electrons. The van der Waals surface area contributed by atoms with Gasteiger partial charge in [0, 0.05) is 32.4 Å². The van der Waals surface area contributed by atoms with E-state index in [1.165, 1.54) is 0 Å². The van der Waals surface area contributed by atoms with Crippen molar-refractivity contribution < 1.29 is 14.3 Å². The van der Waals surface area contributed by atoms with Gasteiger partial charge in [0.25, 0.3) is 5.91 Å². The molecule has 0 aliphatic heterocycles. The van der Waals surface area contributed by atoms with Crippen LogP contribution in [0.25, 0.3) is 11.3 Å². The third-order valence-corrected chi connectivity index (χ3v) is 3.64. The van der Waals surface area contributed by atoms with Crippen LogP contribution in [0.1, 0.15) is 30.3 Å². The minimum absolute atomic E-state index is 0.117. The second-order valence-corrected chi connectivity index (χ2v) is 5.44. The van der Waals surface area contributed by atoms with Gasteiger partial charge in [-0.2, -0.15) is 5.10 Å². The van der Waals surface area contributed by atoms with Crippen molar-refractivity contribution in [2.24, 2.45) is 0 Å². The molecule has 0 bridgehead atoms. The number of ether oxygens (including phenoxy) is 2. The largest absolute Gasteiger partial charge is 0.496 e. The normalized spacial score (nSPS) is 10.6. The topological polar surface area (TPSA) is 65.4 Å². The molecule has 0 unspecified atom stereocenters. The molecule has 2 rings (SSSR count). The van der Waals surface area contributed by atoms with E-state index in [0.29, 0.717) is 25.4 Å². The summed E-state index contributed by atoms with van der Waals surface area (Å²) < 4.78 is 12.2. The Kier molecular flexibility index (Phi) is 6.81. The molecule has 0 spiro atoms. The SMILES string of the molecule is CCCn1nc(-c2ccccc2OC)cc1C(=O)NCCCOC. The lowest BCUT2D eigenvalue weighted by molar-refractivity contribution is 0.0937. The van der Waals surface area contributed by atoms with E-state index >= 15 is 0 Å². The standard InChI is InChI=1S/C18H25N3O3/c1-4-11-21-16(18(22)19-10-7-12-23-2)13-15(20-21)14-8-5-6-9-17(14)24-3/h5-6,8-9,13H,4,7,10-12H2,1-3H3,(H,19,22). The number of carbonyl (C=O) groups excluding carboxylic acids is 1. The second kappa shape index (κ2) is 9.08. The number of nitrogens with one attached hydrogen (secondary N) is 1. The van der Waals surface area contributed by atoms with Crippen LogP contribution in [0.3, 0.4) is 0 Å². The maximum absolute atomic E-state index is 12.5. The van der Waals surface area contributed by atoms with Crippen LogP contribution in [-0.4, -0.2) is 43.1 Å². The smallest absolute Gasteiger partial charge is 0.269 e. The number of rotatable bonds is 9. The van der Waals surface area contributed by atoms with Crippen molar-refractivity contribution in [2.75, 3.05) is 27.4 Å².